The number of rotatable bonds is 7. The third kappa shape index (κ3) is 3.55. The molecule has 0 saturated carbocycles. The number of nitrogens with zero attached hydrogens (tertiary/aromatic N) is 2. The van der Waals surface area contributed by atoms with E-state index in [9.17, 15) is 0 Å². The molecule has 0 aromatic carbocycles. The van der Waals surface area contributed by atoms with Crippen molar-refractivity contribution in [3.8, 4) is 0 Å². The minimum atomic E-state index is 0.354. The summed E-state index contributed by atoms with van der Waals surface area (Å²) in [5, 5.41) is 3.41. The number of ether oxygens (including phenoxy) is 1. The summed E-state index contributed by atoms with van der Waals surface area (Å²) < 4.78 is 7.27. The van der Waals surface area contributed by atoms with E-state index in [1.165, 1.54) is 0 Å². The molecule has 1 aromatic heterocycles. The van der Waals surface area contributed by atoms with E-state index in [4.69, 9.17) is 4.74 Å². The van der Waals surface area contributed by atoms with E-state index in [1.807, 2.05) is 12.4 Å². The van der Waals surface area contributed by atoms with Gasteiger partial charge in [-0.05, 0) is 13.3 Å². The van der Waals surface area contributed by atoms with Crippen LogP contribution in [0.2, 0.25) is 0 Å². The summed E-state index contributed by atoms with van der Waals surface area (Å²) in [6.45, 7) is 5.95. The Labute approximate surface area is 91.7 Å². The summed E-state index contributed by atoms with van der Waals surface area (Å²) in [6, 6.07) is 0.354. The summed E-state index contributed by atoms with van der Waals surface area (Å²) in [6.07, 6.45) is 6.05. The van der Waals surface area contributed by atoms with Gasteiger partial charge in [0.15, 0.2) is 0 Å². The Morgan fingerprint density at radius 1 is 1.53 bits per heavy atom. The molecule has 1 unspecified atom stereocenters. The summed E-state index contributed by atoms with van der Waals surface area (Å²) >= 11 is 0. The highest BCUT2D eigenvalue weighted by Gasteiger charge is 2.09. The van der Waals surface area contributed by atoms with E-state index in [2.05, 4.69) is 28.7 Å². The van der Waals surface area contributed by atoms with Crippen LogP contribution in [-0.2, 0) is 11.3 Å². The van der Waals surface area contributed by atoms with Crippen LogP contribution in [0, 0.1) is 0 Å². The minimum absolute atomic E-state index is 0.354. The Hall–Kier alpha value is -1.03. The van der Waals surface area contributed by atoms with Crippen molar-refractivity contribution in [2.45, 2.75) is 39.3 Å². The fourth-order valence-corrected chi connectivity index (χ4v) is 1.63. The maximum Gasteiger partial charge on any atom is 0.203 e. The van der Waals surface area contributed by atoms with Crippen molar-refractivity contribution in [2.24, 2.45) is 0 Å². The van der Waals surface area contributed by atoms with E-state index in [-0.39, 0.29) is 0 Å². The van der Waals surface area contributed by atoms with Crippen LogP contribution in [0.1, 0.15) is 26.7 Å². The van der Waals surface area contributed by atoms with E-state index in [0.29, 0.717) is 6.04 Å². The number of anilines is 1. The Balaban J connectivity index is 2.56. The zero-order chi connectivity index (χ0) is 11.1. The number of nitrogens with one attached hydrogen (secondary N) is 1. The molecule has 0 spiro atoms. The predicted octanol–water partition coefficient (Wildman–Crippen LogP) is 2.13. The predicted molar refractivity (Wildman–Crippen MR) is 62.1 cm³/mol. The van der Waals surface area contributed by atoms with Crippen molar-refractivity contribution in [1.29, 1.82) is 0 Å². The number of aromatic nitrogens is 2. The molecule has 1 rings (SSSR count). The van der Waals surface area contributed by atoms with Crippen LogP contribution in [0.4, 0.5) is 5.95 Å². The quantitative estimate of drug-likeness (QED) is 0.751. The van der Waals surface area contributed by atoms with Crippen molar-refractivity contribution in [3.63, 3.8) is 0 Å². The van der Waals surface area contributed by atoms with Gasteiger partial charge in [-0.15, -0.1) is 0 Å². The second-order valence-electron chi connectivity index (χ2n) is 3.62. The van der Waals surface area contributed by atoms with Gasteiger partial charge in [0, 0.05) is 26.0 Å². The first-order valence-electron chi connectivity index (χ1n) is 5.58. The van der Waals surface area contributed by atoms with Gasteiger partial charge in [0.1, 0.15) is 0 Å². The zero-order valence-corrected chi connectivity index (χ0v) is 9.86. The fourth-order valence-electron chi connectivity index (χ4n) is 1.63. The van der Waals surface area contributed by atoms with Crippen LogP contribution in [0.15, 0.2) is 12.4 Å². The van der Waals surface area contributed by atoms with Crippen LogP contribution in [0.3, 0.4) is 0 Å². The molecule has 0 aliphatic heterocycles. The topological polar surface area (TPSA) is 39.1 Å². The molecule has 4 heteroatoms. The minimum Gasteiger partial charge on any atom is -0.383 e. The lowest BCUT2D eigenvalue weighted by molar-refractivity contribution is 0.182. The lowest BCUT2D eigenvalue weighted by Gasteiger charge is -2.18. The van der Waals surface area contributed by atoms with Crippen LogP contribution in [-0.4, -0.2) is 29.3 Å². The lowest BCUT2D eigenvalue weighted by Crippen LogP contribution is -2.26. The lowest BCUT2D eigenvalue weighted by atomic mass is 10.2. The van der Waals surface area contributed by atoms with Crippen molar-refractivity contribution in [3.05, 3.63) is 12.4 Å². The second kappa shape index (κ2) is 6.45. The standard InChI is InChI=1S/C11H21N3O/c1-4-6-10(9-15-3)13-11-12-7-8-14(11)5-2/h7-8,10H,4-6,9H2,1-3H3,(H,12,13). The Morgan fingerprint density at radius 2 is 2.33 bits per heavy atom. The van der Waals surface area contributed by atoms with E-state index in [0.717, 1.165) is 31.9 Å². The first-order chi connectivity index (χ1) is 7.31. The van der Waals surface area contributed by atoms with Gasteiger partial charge in [-0.25, -0.2) is 4.98 Å². The summed E-state index contributed by atoms with van der Waals surface area (Å²) in [5.41, 5.74) is 0. The Kier molecular flexibility index (Phi) is 5.18. The molecule has 1 N–H and O–H groups in total. The molecule has 0 amide bonds. The zero-order valence-electron chi connectivity index (χ0n) is 9.86. The van der Waals surface area contributed by atoms with Gasteiger partial charge in [-0.2, -0.15) is 0 Å². The molecule has 15 heavy (non-hydrogen) atoms. The van der Waals surface area contributed by atoms with Crippen LogP contribution >= 0.6 is 0 Å². The smallest absolute Gasteiger partial charge is 0.203 e. The first-order valence-corrected chi connectivity index (χ1v) is 5.58. The second-order valence-corrected chi connectivity index (χ2v) is 3.62. The number of hydrogen-bond donors (Lipinski definition) is 1. The van der Waals surface area contributed by atoms with Crippen LogP contribution < -0.4 is 5.32 Å². The largest absolute Gasteiger partial charge is 0.383 e. The van der Waals surface area contributed by atoms with Gasteiger partial charge in [0.05, 0.1) is 12.6 Å². The highest BCUT2D eigenvalue weighted by molar-refractivity contribution is 5.27. The molecular formula is C11H21N3O. The highest BCUT2D eigenvalue weighted by atomic mass is 16.5. The molecule has 0 bridgehead atoms. The maximum absolute atomic E-state index is 5.18. The average molecular weight is 211 g/mol. The molecule has 0 aliphatic carbocycles. The van der Waals surface area contributed by atoms with Crippen molar-refractivity contribution in [1.82, 2.24) is 9.55 Å². The van der Waals surface area contributed by atoms with Gasteiger partial charge in [-0.3, -0.25) is 0 Å². The summed E-state index contributed by atoms with van der Waals surface area (Å²) in [4.78, 5) is 4.29. The molecular weight excluding hydrogens is 190 g/mol. The molecule has 1 atom stereocenters. The molecule has 1 aromatic rings. The Bertz CT molecular complexity index is 267. The monoisotopic (exact) mass is 211 g/mol. The number of aryl methyl sites for hydroxylation is 1. The molecule has 4 nitrogen and oxygen atoms in total. The van der Waals surface area contributed by atoms with Crippen molar-refractivity contribution >= 4 is 5.95 Å². The average Bonchev–Trinajstić information content (AvgIpc) is 2.66. The van der Waals surface area contributed by atoms with Gasteiger partial charge >= 0.3 is 0 Å². The van der Waals surface area contributed by atoms with Gasteiger partial charge in [-0.1, -0.05) is 13.3 Å². The van der Waals surface area contributed by atoms with Crippen molar-refractivity contribution in [2.75, 3.05) is 19.0 Å². The fraction of sp³-hybridized carbons (Fsp3) is 0.727. The molecule has 0 aliphatic rings. The van der Waals surface area contributed by atoms with E-state index in [1.54, 1.807) is 7.11 Å². The van der Waals surface area contributed by atoms with E-state index >= 15 is 0 Å². The SMILES string of the molecule is CCCC(COC)Nc1nccn1CC. The van der Waals surface area contributed by atoms with E-state index < -0.39 is 0 Å². The highest BCUT2D eigenvalue weighted by Crippen LogP contribution is 2.09. The molecule has 0 saturated heterocycles. The maximum atomic E-state index is 5.18. The Morgan fingerprint density at radius 3 is 2.93 bits per heavy atom. The number of imidazole rings is 1. The summed E-state index contributed by atoms with van der Waals surface area (Å²) in [7, 11) is 1.73. The van der Waals surface area contributed by atoms with Gasteiger partial charge in [0.2, 0.25) is 5.95 Å². The molecule has 1 heterocycles. The number of methoxy groups -OCH3 is 1. The third-order valence-electron chi connectivity index (χ3n) is 2.39. The molecule has 0 fully saturated rings. The van der Waals surface area contributed by atoms with Crippen molar-refractivity contribution < 1.29 is 4.74 Å². The summed E-state index contributed by atoms with van der Waals surface area (Å²) in [5.74, 6) is 0.938. The normalized spacial score (nSPS) is 12.7. The number of hydrogen-bond acceptors (Lipinski definition) is 3. The van der Waals surface area contributed by atoms with Crippen LogP contribution in [0.5, 0.6) is 0 Å². The van der Waals surface area contributed by atoms with Crippen LogP contribution in [0.25, 0.3) is 0 Å². The molecule has 0 radical (unpaired) electrons. The third-order valence-corrected chi connectivity index (χ3v) is 2.39. The first kappa shape index (κ1) is 12.0. The van der Waals surface area contributed by atoms with Gasteiger partial charge in [0.25, 0.3) is 0 Å². The van der Waals surface area contributed by atoms with Gasteiger partial charge < -0.3 is 14.6 Å². The molecule has 86 valence electrons.